The van der Waals surface area contributed by atoms with E-state index in [0.717, 1.165) is 38.3 Å². The lowest BCUT2D eigenvalue weighted by Gasteiger charge is -2.38. The summed E-state index contributed by atoms with van der Waals surface area (Å²) in [5.41, 5.74) is 2.12. The Morgan fingerprint density at radius 1 is 1.26 bits per heavy atom. The molecule has 1 aromatic rings. The molecule has 0 atom stereocenters. The Labute approximate surface area is 137 Å². The van der Waals surface area contributed by atoms with Gasteiger partial charge in [0.25, 0.3) is 0 Å². The van der Waals surface area contributed by atoms with Crippen LogP contribution in [0, 0.1) is 0 Å². The Kier molecular flexibility index (Phi) is 4.33. The van der Waals surface area contributed by atoms with Crippen LogP contribution in [0.4, 0.5) is 16.3 Å². The van der Waals surface area contributed by atoms with E-state index in [1.165, 1.54) is 11.3 Å². The lowest BCUT2D eigenvalue weighted by atomic mass is 10.0. The molecule has 3 rings (SSSR count). The zero-order valence-electron chi connectivity index (χ0n) is 14.3. The summed E-state index contributed by atoms with van der Waals surface area (Å²) in [4.78, 5) is 20.7. The second-order valence-electron chi connectivity index (χ2n) is 7.14. The highest BCUT2D eigenvalue weighted by molar-refractivity contribution is 5.69. The highest BCUT2D eigenvalue weighted by atomic mass is 16.6. The van der Waals surface area contributed by atoms with Crippen molar-refractivity contribution in [1.29, 1.82) is 0 Å². The first-order valence-electron chi connectivity index (χ1n) is 8.39. The third-order valence-corrected chi connectivity index (χ3v) is 4.20. The summed E-state index contributed by atoms with van der Waals surface area (Å²) in [6.07, 6.45) is 3.87. The number of ether oxygens (including phenoxy) is 1. The highest BCUT2D eigenvalue weighted by Gasteiger charge is 2.27. The fraction of sp³-hybridized carbons (Fsp3) is 0.647. The maximum atomic E-state index is 12.2. The van der Waals surface area contributed by atoms with Crippen molar-refractivity contribution in [3.63, 3.8) is 0 Å². The van der Waals surface area contributed by atoms with Crippen molar-refractivity contribution in [3.05, 3.63) is 17.8 Å². The van der Waals surface area contributed by atoms with Crippen LogP contribution in [0.1, 0.15) is 32.8 Å². The fourth-order valence-electron chi connectivity index (χ4n) is 3.11. The normalized spacial score (nSPS) is 18.2. The van der Waals surface area contributed by atoms with E-state index in [4.69, 9.17) is 4.74 Å². The van der Waals surface area contributed by atoms with Crippen LogP contribution in [0.15, 0.2) is 12.3 Å². The van der Waals surface area contributed by atoms with Crippen LogP contribution in [0.5, 0.6) is 0 Å². The quantitative estimate of drug-likeness (QED) is 0.862. The molecular weight excluding hydrogens is 292 g/mol. The Hall–Kier alpha value is -1.98. The Bertz CT molecular complexity index is 574. The van der Waals surface area contributed by atoms with Gasteiger partial charge in [-0.2, -0.15) is 0 Å². The lowest BCUT2D eigenvalue weighted by molar-refractivity contribution is 0.0240. The molecule has 1 aromatic heterocycles. The number of rotatable bonds is 1. The summed E-state index contributed by atoms with van der Waals surface area (Å²) in [5.74, 6) is 1.02. The first kappa shape index (κ1) is 15.9. The number of aromatic nitrogens is 1. The Morgan fingerprint density at radius 3 is 2.70 bits per heavy atom. The van der Waals surface area contributed by atoms with Gasteiger partial charge in [-0.15, -0.1) is 0 Å². The minimum Gasteiger partial charge on any atom is -0.444 e. The largest absolute Gasteiger partial charge is 0.444 e. The van der Waals surface area contributed by atoms with Gasteiger partial charge in [-0.3, -0.25) is 0 Å². The van der Waals surface area contributed by atoms with E-state index in [1.807, 2.05) is 27.0 Å². The average molecular weight is 318 g/mol. The molecule has 0 bridgehead atoms. The first-order valence-corrected chi connectivity index (χ1v) is 8.39. The van der Waals surface area contributed by atoms with Crippen LogP contribution in [0.25, 0.3) is 0 Å². The molecule has 1 saturated heterocycles. The van der Waals surface area contributed by atoms with Crippen molar-refractivity contribution >= 4 is 17.6 Å². The zero-order valence-corrected chi connectivity index (χ0v) is 14.3. The minimum absolute atomic E-state index is 0.212. The number of hydrogen-bond donors (Lipinski definition) is 1. The summed E-state index contributed by atoms with van der Waals surface area (Å²) < 4.78 is 5.46. The number of carbonyl (C=O) groups is 1. The van der Waals surface area contributed by atoms with E-state index in [1.54, 1.807) is 4.90 Å². The molecule has 0 radical (unpaired) electrons. The maximum Gasteiger partial charge on any atom is 0.410 e. The van der Waals surface area contributed by atoms with E-state index in [2.05, 4.69) is 21.3 Å². The molecule has 1 fully saturated rings. The average Bonchev–Trinajstić information content (AvgIpc) is 2.53. The third-order valence-electron chi connectivity index (χ3n) is 4.20. The number of fused-ring (bicyclic) bond motifs is 1. The number of anilines is 2. The molecule has 2 aliphatic heterocycles. The number of nitrogens with one attached hydrogen (secondary N) is 1. The second kappa shape index (κ2) is 6.26. The van der Waals surface area contributed by atoms with Gasteiger partial charge in [-0.1, -0.05) is 0 Å². The predicted octanol–water partition coefficient (Wildman–Crippen LogP) is 2.50. The second-order valence-corrected chi connectivity index (χ2v) is 7.14. The molecule has 6 heteroatoms. The first-order chi connectivity index (χ1) is 10.9. The fourth-order valence-corrected chi connectivity index (χ4v) is 3.11. The van der Waals surface area contributed by atoms with Crippen LogP contribution in [0.3, 0.4) is 0 Å². The number of hydrogen-bond acceptors (Lipinski definition) is 5. The van der Waals surface area contributed by atoms with Gasteiger partial charge in [0.1, 0.15) is 11.4 Å². The van der Waals surface area contributed by atoms with Crippen LogP contribution >= 0.6 is 0 Å². The summed E-state index contributed by atoms with van der Waals surface area (Å²) in [5, 5.41) is 3.37. The van der Waals surface area contributed by atoms with E-state index >= 15 is 0 Å². The molecule has 3 heterocycles. The number of carbonyl (C=O) groups excluding carboxylic acids is 1. The van der Waals surface area contributed by atoms with E-state index in [0.29, 0.717) is 13.1 Å². The molecule has 6 nitrogen and oxygen atoms in total. The molecule has 23 heavy (non-hydrogen) atoms. The summed E-state index contributed by atoms with van der Waals surface area (Å²) in [6, 6.07) is 2.09. The standard InChI is InChI=1S/C17H26N4O2/c1-17(2,3)23-16(22)21-11-9-20(10-12-21)14-6-8-19-15-13(14)5-4-7-18-15/h6,8H,4-5,7,9-12H2,1-3H3,(H,18,19). The molecule has 1 amide bonds. The molecule has 0 spiro atoms. The molecular formula is C17H26N4O2. The van der Waals surface area contributed by atoms with Gasteiger partial charge in [0, 0.05) is 50.2 Å². The Morgan fingerprint density at radius 2 is 2.00 bits per heavy atom. The van der Waals surface area contributed by atoms with Crippen LogP contribution in [-0.4, -0.2) is 54.3 Å². The van der Waals surface area contributed by atoms with E-state index in [9.17, 15) is 4.79 Å². The van der Waals surface area contributed by atoms with Gasteiger partial charge in [0.2, 0.25) is 0 Å². The van der Waals surface area contributed by atoms with E-state index in [-0.39, 0.29) is 6.09 Å². The van der Waals surface area contributed by atoms with Crippen molar-refractivity contribution in [3.8, 4) is 0 Å². The smallest absolute Gasteiger partial charge is 0.410 e. The number of pyridine rings is 1. The number of piperazine rings is 1. The van der Waals surface area contributed by atoms with Crippen LogP contribution < -0.4 is 10.2 Å². The predicted molar refractivity (Wildman–Crippen MR) is 91.1 cm³/mol. The topological polar surface area (TPSA) is 57.7 Å². The zero-order chi connectivity index (χ0) is 16.4. The van der Waals surface area contributed by atoms with Gasteiger partial charge in [-0.05, 0) is 39.7 Å². The third kappa shape index (κ3) is 3.68. The van der Waals surface area contributed by atoms with Gasteiger partial charge >= 0.3 is 6.09 Å². The molecule has 0 aliphatic carbocycles. The molecule has 0 aromatic carbocycles. The maximum absolute atomic E-state index is 12.2. The van der Waals surface area contributed by atoms with Gasteiger partial charge < -0.3 is 19.9 Å². The van der Waals surface area contributed by atoms with Crippen molar-refractivity contribution in [2.45, 2.75) is 39.2 Å². The number of nitrogens with zero attached hydrogens (tertiary/aromatic N) is 3. The van der Waals surface area contributed by atoms with Crippen molar-refractivity contribution < 1.29 is 9.53 Å². The van der Waals surface area contributed by atoms with Gasteiger partial charge in [0.15, 0.2) is 0 Å². The van der Waals surface area contributed by atoms with E-state index < -0.39 is 5.60 Å². The molecule has 1 N–H and O–H groups in total. The van der Waals surface area contributed by atoms with Crippen molar-refractivity contribution in [2.75, 3.05) is 42.9 Å². The number of amides is 1. The van der Waals surface area contributed by atoms with Gasteiger partial charge in [0.05, 0.1) is 0 Å². The molecule has 126 valence electrons. The monoisotopic (exact) mass is 318 g/mol. The Balaban J connectivity index is 1.65. The SMILES string of the molecule is CC(C)(C)OC(=O)N1CCN(c2ccnc3c2CCCN3)CC1. The molecule has 0 saturated carbocycles. The summed E-state index contributed by atoms with van der Waals surface area (Å²) >= 11 is 0. The summed E-state index contributed by atoms with van der Waals surface area (Å²) in [7, 11) is 0. The van der Waals surface area contributed by atoms with Crippen LogP contribution in [0.2, 0.25) is 0 Å². The van der Waals surface area contributed by atoms with Gasteiger partial charge in [-0.25, -0.2) is 9.78 Å². The lowest BCUT2D eigenvalue weighted by Crippen LogP contribution is -2.50. The minimum atomic E-state index is -0.440. The highest BCUT2D eigenvalue weighted by Crippen LogP contribution is 2.30. The summed E-state index contributed by atoms with van der Waals surface area (Å²) in [6.45, 7) is 9.74. The molecule has 0 unspecified atom stereocenters. The van der Waals surface area contributed by atoms with Crippen LogP contribution in [-0.2, 0) is 11.2 Å². The van der Waals surface area contributed by atoms with Crippen molar-refractivity contribution in [2.24, 2.45) is 0 Å². The van der Waals surface area contributed by atoms with Crippen molar-refractivity contribution in [1.82, 2.24) is 9.88 Å². The molecule has 2 aliphatic rings.